The first-order valence-corrected chi connectivity index (χ1v) is 7.85. The van der Waals surface area contributed by atoms with E-state index in [4.69, 9.17) is 0 Å². The van der Waals surface area contributed by atoms with Crippen LogP contribution >= 0.6 is 8.58 Å². The van der Waals surface area contributed by atoms with Gasteiger partial charge in [0.15, 0.2) is 5.52 Å². The molecule has 0 bridgehead atoms. The van der Waals surface area contributed by atoms with Crippen LogP contribution in [0.15, 0.2) is 84.9 Å². The Bertz CT molecular complexity index is 736. The van der Waals surface area contributed by atoms with E-state index in [1.54, 1.807) is 0 Å². The van der Waals surface area contributed by atoms with Crippen molar-refractivity contribution in [1.82, 2.24) is 0 Å². The Morgan fingerprint density at radius 3 is 1.95 bits per heavy atom. The summed E-state index contributed by atoms with van der Waals surface area (Å²) in [5.41, 5.74) is 3.25. The minimum absolute atomic E-state index is 0.141. The first-order chi connectivity index (χ1) is 10.3. The van der Waals surface area contributed by atoms with Crippen LogP contribution in [0.3, 0.4) is 0 Å². The number of benzene rings is 3. The van der Waals surface area contributed by atoms with Crippen molar-refractivity contribution >= 4 is 19.4 Å². The molecule has 0 aromatic heterocycles. The monoisotopic (exact) mass is 290 g/mol. The van der Waals surface area contributed by atoms with Crippen molar-refractivity contribution in [2.24, 2.45) is 0 Å². The lowest BCUT2D eigenvalue weighted by Crippen LogP contribution is -2.04. The average Bonchev–Trinajstić information content (AvgIpc) is 2.57. The quantitative estimate of drug-likeness (QED) is 0.647. The predicted octanol–water partition coefficient (Wildman–Crippen LogP) is 4.50. The van der Waals surface area contributed by atoms with Crippen molar-refractivity contribution in [3.8, 4) is 11.1 Å². The van der Waals surface area contributed by atoms with Gasteiger partial charge in [-0.15, -0.1) is 0 Å². The van der Waals surface area contributed by atoms with Gasteiger partial charge in [0.25, 0.3) is 0 Å². The highest BCUT2D eigenvalue weighted by Crippen LogP contribution is 2.26. The highest BCUT2D eigenvalue weighted by molar-refractivity contribution is 7.66. The van der Waals surface area contributed by atoms with E-state index in [0.717, 1.165) is 22.0 Å². The molecule has 3 aromatic carbocycles. The summed E-state index contributed by atoms with van der Waals surface area (Å²) in [5.74, 6) is 0. The van der Waals surface area contributed by atoms with Gasteiger partial charge in [0.05, 0.1) is 0 Å². The van der Waals surface area contributed by atoms with E-state index < -0.39 is 0 Å². The van der Waals surface area contributed by atoms with Crippen LogP contribution in [0.5, 0.6) is 0 Å². The van der Waals surface area contributed by atoms with E-state index in [1.807, 2.05) is 66.7 Å². The zero-order valence-corrected chi connectivity index (χ0v) is 12.5. The molecule has 0 amide bonds. The van der Waals surface area contributed by atoms with Crippen LogP contribution in [-0.2, 0) is 0 Å². The second-order valence-corrected chi connectivity index (χ2v) is 5.97. The Hall–Kier alpha value is -2.24. The normalized spacial score (nSPS) is 10.9. The Balaban J connectivity index is 1.92. The van der Waals surface area contributed by atoms with Crippen molar-refractivity contribution in [2.45, 2.75) is 0 Å². The number of carbonyl (C=O) groups excluding carboxylic acids is 1. The molecule has 0 radical (unpaired) electrons. The molecule has 102 valence electrons. The van der Waals surface area contributed by atoms with Crippen LogP contribution in [0.1, 0.15) is 10.4 Å². The molecule has 0 aliphatic rings. The molecule has 1 nitrogen and oxygen atoms in total. The molecule has 0 saturated carbocycles. The van der Waals surface area contributed by atoms with Gasteiger partial charge in [0.2, 0.25) is 0 Å². The summed E-state index contributed by atoms with van der Waals surface area (Å²) in [7, 11) is 0.141. The highest BCUT2D eigenvalue weighted by Gasteiger charge is 2.10. The third kappa shape index (κ3) is 3.26. The smallest absolute Gasteiger partial charge is 0.185 e. The maximum atomic E-state index is 12.4. The van der Waals surface area contributed by atoms with Crippen LogP contribution in [0.25, 0.3) is 11.1 Å². The third-order valence-electron chi connectivity index (χ3n) is 3.30. The molecule has 0 fully saturated rings. The van der Waals surface area contributed by atoms with E-state index in [9.17, 15) is 4.79 Å². The largest absolute Gasteiger partial charge is 0.289 e. The van der Waals surface area contributed by atoms with Crippen molar-refractivity contribution in [1.29, 1.82) is 0 Å². The fraction of sp³-hybridized carbons (Fsp3) is 0. The highest BCUT2D eigenvalue weighted by atomic mass is 31.1. The summed E-state index contributed by atoms with van der Waals surface area (Å²) >= 11 is 0. The Morgan fingerprint density at radius 2 is 1.24 bits per heavy atom. The lowest BCUT2D eigenvalue weighted by Gasteiger charge is -2.09. The molecule has 2 heteroatoms. The summed E-state index contributed by atoms with van der Waals surface area (Å²) in [5, 5.41) is 1.09. The van der Waals surface area contributed by atoms with E-state index >= 15 is 0 Å². The number of rotatable bonds is 4. The van der Waals surface area contributed by atoms with Gasteiger partial charge in [-0.25, -0.2) is 0 Å². The maximum Gasteiger partial charge on any atom is 0.185 e. The summed E-state index contributed by atoms with van der Waals surface area (Å²) in [6, 6.07) is 27.8. The molecule has 1 unspecified atom stereocenters. The maximum absolute atomic E-state index is 12.4. The van der Waals surface area contributed by atoms with E-state index in [0.29, 0.717) is 0 Å². The second-order valence-electron chi connectivity index (χ2n) is 4.73. The van der Waals surface area contributed by atoms with Crippen LogP contribution in [0, 0.1) is 0 Å². The van der Waals surface area contributed by atoms with Gasteiger partial charge in [-0.3, -0.25) is 4.79 Å². The van der Waals surface area contributed by atoms with Gasteiger partial charge in [0, 0.05) is 5.56 Å². The lowest BCUT2D eigenvalue weighted by molar-refractivity contribution is 0.108. The molecular weight excluding hydrogens is 275 g/mol. The first-order valence-electron chi connectivity index (χ1n) is 6.85. The molecule has 0 N–H and O–H groups in total. The second kappa shape index (κ2) is 6.47. The molecule has 0 aliphatic heterocycles. The summed E-state index contributed by atoms with van der Waals surface area (Å²) in [4.78, 5) is 12.4. The Kier molecular flexibility index (Phi) is 4.23. The minimum Gasteiger partial charge on any atom is -0.289 e. The fourth-order valence-corrected chi connectivity index (χ4v) is 3.34. The summed E-state index contributed by atoms with van der Waals surface area (Å²) in [6.45, 7) is 0. The van der Waals surface area contributed by atoms with Crippen molar-refractivity contribution in [2.75, 3.05) is 0 Å². The van der Waals surface area contributed by atoms with E-state index in [2.05, 4.69) is 18.2 Å². The summed E-state index contributed by atoms with van der Waals surface area (Å²) < 4.78 is 0. The molecule has 0 heterocycles. The van der Waals surface area contributed by atoms with Crippen molar-refractivity contribution in [3.63, 3.8) is 0 Å². The zero-order valence-electron chi connectivity index (χ0n) is 11.5. The fourth-order valence-electron chi connectivity index (χ4n) is 2.25. The summed E-state index contributed by atoms with van der Waals surface area (Å²) in [6.07, 6.45) is 0. The van der Waals surface area contributed by atoms with Gasteiger partial charge >= 0.3 is 0 Å². The van der Waals surface area contributed by atoms with Crippen LogP contribution in [-0.4, -0.2) is 5.52 Å². The molecule has 0 aliphatic carbocycles. The van der Waals surface area contributed by atoms with E-state index in [-0.39, 0.29) is 14.1 Å². The van der Waals surface area contributed by atoms with Crippen molar-refractivity contribution < 1.29 is 4.79 Å². The van der Waals surface area contributed by atoms with Crippen molar-refractivity contribution in [3.05, 3.63) is 90.5 Å². The molecule has 1 atom stereocenters. The molecular formula is C19H15OP. The van der Waals surface area contributed by atoms with Crippen LogP contribution in [0.4, 0.5) is 0 Å². The molecule has 3 aromatic rings. The SMILES string of the molecule is O=C(Pc1ccccc1-c1ccccc1)c1ccccc1. The van der Waals surface area contributed by atoms with Gasteiger partial charge < -0.3 is 0 Å². The number of hydrogen-bond acceptors (Lipinski definition) is 1. The predicted molar refractivity (Wildman–Crippen MR) is 90.6 cm³/mol. The van der Waals surface area contributed by atoms with Crippen LogP contribution in [0.2, 0.25) is 0 Å². The zero-order chi connectivity index (χ0) is 14.5. The van der Waals surface area contributed by atoms with Gasteiger partial charge in [-0.05, 0) is 25.0 Å². The lowest BCUT2D eigenvalue weighted by atomic mass is 10.1. The topological polar surface area (TPSA) is 17.1 Å². The number of hydrogen-bond donors (Lipinski definition) is 0. The number of carbonyl (C=O) groups is 1. The van der Waals surface area contributed by atoms with Gasteiger partial charge in [0.1, 0.15) is 0 Å². The molecule has 0 saturated heterocycles. The Labute approximate surface area is 126 Å². The standard InChI is InChI=1S/C19H15OP/c20-19(16-11-5-2-6-12-16)21-18-14-8-7-13-17(18)15-9-3-1-4-10-15/h1-14,21H. The first kappa shape index (κ1) is 13.7. The average molecular weight is 290 g/mol. The van der Waals surface area contributed by atoms with Gasteiger partial charge in [-0.1, -0.05) is 84.9 Å². The third-order valence-corrected chi connectivity index (χ3v) is 4.52. The Morgan fingerprint density at radius 1 is 0.667 bits per heavy atom. The molecule has 21 heavy (non-hydrogen) atoms. The van der Waals surface area contributed by atoms with Crippen LogP contribution < -0.4 is 5.30 Å². The molecule has 0 spiro atoms. The van der Waals surface area contributed by atoms with E-state index in [1.165, 1.54) is 0 Å². The minimum atomic E-state index is 0.141. The van der Waals surface area contributed by atoms with Gasteiger partial charge in [-0.2, -0.15) is 0 Å². The molecule has 3 rings (SSSR count).